The van der Waals surface area contributed by atoms with Gasteiger partial charge in [-0.3, -0.25) is 4.79 Å². The maximum atomic E-state index is 12.5. The molecular weight excluding hydrogens is 385 g/mol. The lowest BCUT2D eigenvalue weighted by atomic mass is 10.2. The Balaban J connectivity index is 1.36. The summed E-state index contributed by atoms with van der Waals surface area (Å²) in [4.78, 5) is 19.8. The third-order valence-electron chi connectivity index (χ3n) is 4.02. The Kier molecular flexibility index (Phi) is 6.48. The minimum Gasteiger partial charge on any atom is -0.441 e. The van der Waals surface area contributed by atoms with Crippen molar-refractivity contribution in [3.63, 3.8) is 0 Å². The van der Waals surface area contributed by atoms with Crippen LogP contribution in [-0.4, -0.2) is 29.0 Å². The molecule has 0 aliphatic carbocycles. The van der Waals surface area contributed by atoms with Gasteiger partial charge < -0.3 is 15.1 Å². The molecule has 2 heterocycles. The molecule has 3 rings (SSSR count). The third kappa shape index (κ3) is 6.06. The van der Waals surface area contributed by atoms with Crippen LogP contribution in [0.1, 0.15) is 17.9 Å². The second-order valence-corrected chi connectivity index (χ2v) is 6.19. The number of pyridine rings is 1. The number of hydrogen-bond acceptors (Lipinski definition) is 5. The highest BCUT2D eigenvalue weighted by atomic mass is 19.4. The monoisotopic (exact) mass is 404 g/mol. The summed E-state index contributed by atoms with van der Waals surface area (Å²) in [6, 6.07) is 11.7. The molecule has 0 radical (unpaired) electrons. The number of oxazole rings is 1. The van der Waals surface area contributed by atoms with Crippen LogP contribution in [0, 0.1) is 0 Å². The molecule has 29 heavy (non-hydrogen) atoms. The number of aryl methyl sites for hydroxylation is 1. The zero-order chi connectivity index (χ0) is 20.7. The Morgan fingerprint density at radius 1 is 1.00 bits per heavy atom. The molecule has 2 N–H and O–H groups in total. The van der Waals surface area contributed by atoms with E-state index in [1.54, 1.807) is 6.20 Å². The first-order chi connectivity index (χ1) is 13.9. The van der Waals surface area contributed by atoms with E-state index < -0.39 is 11.7 Å². The van der Waals surface area contributed by atoms with Crippen LogP contribution in [-0.2, 0) is 17.4 Å². The number of carbonyl (C=O) groups is 1. The summed E-state index contributed by atoms with van der Waals surface area (Å²) < 4.78 is 43.1. The van der Waals surface area contributed by atoms with Gasteiger partial charge in [0.15, 0.2) is 11.7 Å². The third-order valence-corrected chi connectivity index (χ3v) is 4.02. The summed E-state index contributed by atoms with van der Waals surface area (Å²) in [5.74, 6) is 1.26. The summed E-state index contributed by atoms with van der Waals surface area (Å²) in [6.07, 6.45) is -1.44. The first-order valence-corrected chi connectivity index (χ1v) is 8.96. The maximum absolute atomic E-state index is 12.5. The van der Waals surface area contributed by atoms with E-state index in [-0.39, 0.29) is 12.3 Å². The number of hydrogen-bond donors (Lipinski definition) is 2. The van der Waals surface area contributed by atoms with Gasteiger partial charge in [0.2, 0.25) is 5.91 Å². The Labute approximate surface area is 165 Å². The molecule has 2 aromatic heterocycles. The Morgan fingerprint density at radius 3 is 2.48 bits per heavy atom. The number of aromatic nitrogens is 2. The van der Waals surface area contributed by atoms with Gasteiger partial charge in [-0.15, -0.1) is 0 Å². The first kappa shape index (κ1) is 20.4. The van der Waals surface area contributed by atoms with E-state index >= 15 is 0 Å². The lowest BCUT2D eigenvalue weighted by Crippen LogP contribution is -2.29. The van der Waals surface area contributed by atoms with Gasteiger partial charge in [-0.2, -0.15) is 13.2 Å². The molecule has 3 aromatic rings. The molecule has 9 heteroatoms. The number of rotatable bonds is 8. The highest BCUT2D eigenvalue weighted by Crippen LogP contribution is 2.28. The highest BCUT2D eigenvalue weighted by Gasteiger charge is 2.30. The van der Waals surface area contributed by atoms with Crippen LogP contribution in [0.4, 0.5) is 19.0 Å². The number of amides is 1. The number of carbonyl (C=O) groups excluding carboxylic acids is 1. The predicted octanol–water partition coefficient (Wildman–Crippen LogP) is 3.92. The number of anilines is 1. The number of halogens is 3. The molecule has 0 aliphatic rings. The molecule has 152 valence electrons. The maximum Gasteiger partial charge on any atom is 0.417 e. The summed E-state index contributed by atoms with van der Waals surface area (Å²) >= 11 is 0. The standard InChI is InChI=1S/C20H19F3N4O2/c21-20(22,23)15-6-7-17(26-12-15)24-10-11-25-18(28)8-9-19-27-13-16(29-19)14-4-2-1-3-5-14/h1-7,12-13H,8-11H2,(H,24,26)(H,25,28). The van der Waals surface area contributed by atoms with E-state index in [0.717, 1.165) is 17.8 Å². The fraction of sp³-hybridized carbons (Fsp3) is 0.250. The summed E-state index contributed by atoms with van der Waals surface area (Å²) in [5, 5.41) is 5.57. The van der Waals surface area contributed by atoms with Gasteiger partial charge in [0, 0.05) is 37.7 Å². The molecule has 0 saturated heterocycles. The van der Waals surface area contributed by atoms with Crippen molar-refractivity contribution >= 4 is 11.7 Å². The zero-order valence-corrected chi connectivity index (χ0v) is 15.4. The van der Waals surface area contributed by atoms with Gasteiger partial charge in [0.25, 0.3) is 0 Å². The van der Waals surface area contributed by atoms with E-state index in [0.29, 0.717) is 37.0 Å². The molecule has 0 aliphatic heterocycles. The van der Waals surface area contributed by atoms with Gasteiger partial charge in [-0.25, -0.2) is 9.97 Å². The second-order valence-electron chi connectivity index (χ2n) is 6.19. The molecule has 0 saturated carbocycles. The summed E-state index contributed by atoms with van der Waals surface area (Å²) in [7, 11) is 0. The Bertz CT molecular complexity index is 925. The summed E-state index contributed by atoms with van der Waals surface area (Å²) in [6.45, 7) is 0.643. The lowest BCUT2D eigenvalue weighted by molar-refractivity contribution is -0.137. The largest absolute Gasteiger partial charge is 0.441 e. The molecule has 1 aromatic carbocycles. The average Bonchev–Trinajstić information content (AvgIpc) is 3.19. The van der Waals surface area contributed by atoms with Crippen molar-refractivity contribution in [2.24, 2.45) is 0 Å². The lowest BCUT2D eigenvalue weighted by Gasteiger charge is -2.09. The van der Waals surface area contributed by atoms with Crippen molar-refractivity contribution in [2.45, 2.75) is 19.0 Å². The quantitative estimate of drug-likeness (QED) is 0.557. The fourth-order valence-corrected chi connectivity index (χ4v) is 2.53. The topological polar surface area (TPSA) is 80.0 Å². The van der Waals surface area contributed by atoms with E-state index in [9.17, 15) is 18.0 Å². The van der Waals surface area contributed by atoms with E-state index in [1.807, 2.05) is 30.3 Å². The predicted molar refractivity (Wildman–Crippen MR) is 101 cm³/mol. The summed E-state index contributed by atoms with van der Waals surface area (Å²) in [5.41, 5.74) is 0.108. The van der Waals surface area contributed by atoms with Crippen molar-refractivity contribution in [1.29, 1.82) is 0 Å². The van der Waals surface area contributed by atoms with E-state index in [2.05, 4.69) is 20.6 Å². The fourth-order valence-electron chi connectivity index (χ4n) is 2.53. The minimum absolute atomic E-state index is 0.174. The normalized spacial score (nSPS) is 11.3. The van der Waals surface area contributed by atoms with Crippen molar-refractivity contribution in [2.75, 3.05) is 18.4 Å². The van der Waals surface area contributed by atoms with Crippen LogP contribution in [0.25, 0.3) is 11.3 Å². The van der Waals surface area contributed by atoms with Crippen LogP contribution in [0.15, 0.2) is 59.3 Å². The molecule has 0 spiro atoms. The molecule has 1 amide bonds. The second kappa shape index (κ2) is 9.22. The van der Waals surface area contributed by atoms with Crippen LogP contribution in [0.5, 0.6) is 0 Å². The van der Waals surface area contributed by atoms with Crippen LogP contribution in [0.2, 0.25) is 0 Å². The van der Waals surface area contributed by atoms with Gasteiger partial charge in [0.05, 0.1) is 11.8 Å². The van der Waals surface area contributed by atoms with Crippen molar-refractivity contribution in [3.8, 4) is 11.3 Å². The number of alkyl halides is 3. The van der Waals surface area contributed by atoms with Gasteiger partial charge in [0.1, 0.15) is 5.82 Å². The van der Waals surface area contributed by atoms with Crippen LogP contribution in [0.3, 0.4) is 0 Å². The molecule has 0 atom stereocenters. The van der Waals surface area contributed by atoms with Crippen LogP contribution < -0.4 is 10.6 Å². The molecule has 6 nitrogen and oxygen atoms in total. The molecule has 0 unspecified atom stereocenters. The Morgan fingerprint density at radius 2 is 1.79 bits per heavy atom. The van der Waals surface area contributed by atoms with Crippen molar-refractivity contribution in [3.05, 3.63) is 66.3 Å². The smallest absolute Gasteiger partial charge is 0.417 e. The SMILES string of the molecule is O=C(CCc1ncc(-c2ccccc2)o1)NCCNc1ccc(C(F)(F)F)cn1. The van der Waals surface area contributed by atoms with Crippen molar-refractivity contribution in [1.82, 2.24) is 15.3 Å². The van der Waals surface area contributed by atoms with E-state index in [4.69, 9.17) is 4.42 Å². The minimum atomic E-state index is -4.41. The van der Waals surface area contributed by atoms with Gasteiger partial charge in [-0.05, 0) is 12.1 Å². The zero-order valence-electron chi connectivity index (χ0n) is 15.4. The number of nitrogens with one attached hydrogen (secondary N) is 2. The number of nitrogens with zero attached hydrogens (tertiary/aromatic N) is 2. The van der Waals surface area contributed by atoms with E-state index in [1.165, 1.54) is 6.07 Å². The highest BCUT2D eigenvalue weighted by molar-refractivity contribution is 5.76. The van der Waals surface area contributed by atoms with Gasteiger partial charge in [-0.1, -0.05) is 30.3 Å². The number of benzene rings is 1. The van der Waals surface area contributed by atoms with Crippen LogP contribution >= 0.6 is 0 Å². The van der Waals surface area contributed by atoms with Gasteiger partial charge >= 0.3 is 6.18 Å². The Hall–Kier alpha value is -3.36. The van der Waals surface area contributed by atoms with Crippen molar-refractivity contribution < 1.29 is 22.4 Å². The average molecular weight is 404 g/mol. The molecular formula is C20H19F3N4O2. The molecule has 0 fully saturated rings. The molecule has 0 bridgehead atoms. The first-order valence-electron chi connectivity index (χ1n) is 8.96.